The molecule has 6 fully saturated rings. The van der Waals surface area contributed by atoms with Crippen molar-refractivity contribution < 1.29 is 117 Å². The Morgan fingerprint density at radius 2 is 1.01 bits per heavy atom. The summed E-state index contributed by atoms with van der Waals surface area (Å²) >= 11 is 0. The maximum Gasteiger partial charge on any atom is 0.309 e. The first-order valence-electron chi connectivity index (χ1n) is 32.2. The molecule has 27 atom stereocenters. The van der Waals surface area contributed by atoms with Gasteiger partial charge in [0, 0.05) is 12.8 Å². The minimum atomic E-state index is -1.91. The molecule has 0 radical (unpaired) electrons. The monoisotopic (exact) mass is 1220 g/mol. The molecule has 6 aliphatic rings. The van der Waals surface area contributed by atoms with Gasteiger partial charge >= 0.3 is 17.9 Å². The van der Waals surface area contributed by atoms with Crippen molar-refractivity contribution in [3.63, 3.8) is 0 Å². The number of fused-ring (bicyclic) bond motifs is 3. The van der Waals surface area contributed by atoms with E-state index in [4.69, 9.17) is 61.6 Å². The fourth-order valence-electron chi connectivity index (χ4n) is 11.9. The second-order valence-corrected chi connectivity index (χ2v) is 24.6. The third-order valence-electron chi connectivity index (χ3n) is 17.7. The molecular weight excluding hydrogens is 1120 g/mol. The lowest BCUT2D eigenvalue weighted by atomic mass is 9.95. The zero-order valence-corrected chi connectivity index (χ0v) is 51.8. The molecule has 85 heavy (non-hydrogen) atoms. The average molecular weight is 1220 g/mol. The number of aliphatic hydroxyl groups excluding tert-OH is 8. The van der Waals surface area contributed by atoms with Gasteiger partial charge in [0.1, 0.15) is 73.2 Å². The van der Waals surface area contributed by atoms with Crippen molar-refractivity contribution in [2.24, 2.45) is 5.92 Å². The first-order chi connectivity index (χ1) is 40.6. The van der Waals surface area contributed by atoms with Gasteiger partial charge in [-0.25, -0.2) is 0 Å². The van der Waals surface area contributed by atoms with E-state index in [1.807, 2.05) is 0 Å². The topological polar surface area (TPSA) is 333 Å². The normalized spacial score (nSPS) is 42.3. The molecule has 24 nitrogen and oxygen atoms in total. The van der Waals surface area contributed by atoms with Gasteiger partial charge in [-0.3, -0.25) is 14.4 Å². The van der Waals surface area contributed by atoms with Crippen LogP contribution in [-0.2, 0) is 76.0 Å². The van der Waals surface area contributed by atoms with Crippen LogP contribution in [0, 0.1) is 5.92 Å². The van der Waals surface area contributed by atoms with Crippen molar-refractivity contribution in [3.8, 4) is 0 Å². The molecule has 0 aromatic carbocycles. The molecule has 0 saturated carbocycles. The molecule has 24 heteroatoms. The summed E-state index contributed by atoms with van der Waals surface area (Å²) in [4.78, 5) is 41.4. The Hall–Kier alpha value is -2.31. The zero-order valence-electron chi connectivity index (χ0n) is 51.8. The molecular formula is C61H106O24. The van der Waals surface area contributed by atoms with Gasteiger partial charge in [0.15, 0.2) is 49.8 Å². The lowest BCUT2D eigenvalue weighted by Crippen LogP contribution is -2.68. The minimum absolute atomic E-state index is 0.0266. The molecule has 6 rings (SSSR count). The van der Waals surface area contributed by atoms with Crippen LogP contribution in [0.5, 0.6) is 0 Å². The number of carbonyl (C=O) groups excluding carboxylic acids is 3. The number of esters is 3. The number of aliphatic hydroxyl groups is 8. The summed E-state index contributed by atoms with van der Waals surface area (Å²) in [6.45, 7) is 15.3. The standard InChI is InChI=1S/C61H106O24/c1-10-13-15-16-18-22-27-31-40(63)80-55-54(85-57-46(69)44(67)41(64)33(5)73-57)50(82-58-47(70)51(43(66)35(7)74-58)81-56(72)32(4)12-3)37(9)77-61(55)83-49-36(8)76-59-48(71)52(49)79-39(62)30-26-23-20-17-19-21-25-29-38(28-24-14-11-2)78-60-53(84-59)45(68)42(65)34(6)75-60/h32-38,41-55,57-61,64-71H,10-31H2,1-9H3/t32-,33-,34+,35-,36-,37-,38?,41-,42-,43-,44+,45-,46+,47+,48+,49-,50-,51+,52-,53+,54+,55+,57-,58-,59-,60-,61-/m0/s1. The molecule has 6 heterocycles. The molecule has 0 aromatic heterocycles. The molecule has 2 bridgehead atoms. The quantitative estimate of drug-likeness (QED) is 0.0419. The number of carbonyl (C=O) groups is 3. The van der Waals surface area contributed by atoms with Crippen molar-refractivity contribution in [1.82, 2.24) is 0 Å². The van der Waals surface area contributed by atoms with Crippen molar-refractivity contribution in [2.75, 3.05) is 0 Å². The van der Waals surface area contributed by atoms with Gasteiger partial charge in [-0.15, -0.1) is 0 Å². The lowest BCUT2D eigenvalue weighted by Gasteiger charge is -2.51. The highest BCUT2D eigenvalue weighted by Gasteiger charge is 2.59. The Bertz CT molecular complexity index is 1950. The minimum Gasteiger partial charge on any atom is -0.456 e. The summed E-state index contributed by atoms with van der Waals surface area (Å²) in [6, 6.07) is 0. The Balaban J connectivity index is 1.38. The van der Waals surface area contributed by atoms with E-state index >= 15 is 0 Å². The lowest BCUT2D eigenvalue weighted by molar-refractivity contribution is -0.399. The van der Waals surface area contributed by atoms with Gasteiger partial charge in [0.05, 0.1) is 42.5 Å². The number of hydrogen-bond donors (Lipinski definition) is 8. The third-order valence-corrected chi connectivity index (χ3v) is 17.7. The van der Waals surface area contributed by atoms with Gasteiger partial charge < -0.3 is 102 Å². The first kappa shape index (κ1) is 71.8. The first-order valence-corrected chi connectivity index (χ1v) is 32.2. The summed E-state index contributed by atoms with van der Waals surface area (Å²) in [6.07, 6.45) is -21.6. The molecule has 0 aliphatic carbocycles. The van der Waals surface area contributed by atoms with Crippen molar-refractivity contribution in [2.45, 2.75) is 363 Å². The van der Waals surface area contributed by atoms with Crippen LogP contribution >= 0.6 is 0 Å². The van der Waals surface area contributed by atoms with Crippen LogP contribution in [0.3, 0.4) is 0 Å². The maximum atomic E-state index is 14.3. The van der Waals surface area contributed by atoms with E-state index in [0.29, 0.717) is 32.1 Å². The summed E-state index contributed by atoms with van der Waals surface area (Å²) < 4.78 is 82.4. The van der Waals surface area contributed by atoms with E-state index in [-0.39, 0.29) is 18.9 Å². The highest BCUT2D eigenvalue weighted by molar-refractivity contribution is 5.72. The highest BCUT2D eigenvalue weighted by atomic mass is 16.8. The van der Waals surface area contributed by atoms with E-state index in [0.717, 1.165) is 96.3 Å². The number of hydrogen-bond acceptors (Lipinski definition) is 24. The van der Waals surface area contributed by atoms with Crippen molar-refractivity contribution in [1.29, 1.82) is 0 Å². The molecule has 0 amide bonds. The van der Waals surface area contributed by atoms with Crippen molar-refractivity contribution >= 4 is 17.9 Å². The van der Waals surface area contributed by atoms with Crippen LogP contribution in [0.2, 0.25) is 0 Å². The predicted molar refractivity (Wildman–Crippen MR) is 301 cm³/mol. The summed E-state index contributed by atoms with van der Waals surface area (Å²) in [5.74, 6) is -2.71. The predicted octanol–water partition coefficient (Wildman–Crippen LogP) is 4.55. The fourth-order valence-corrected chi connectivity index (χ4v) is 11.9. The summed E-state index contributed by atoms with van der Waals surface area (Å²) in [7, 11) is 0. The molecule has 1 unspecified atom stereocenters. The van der Waals surface area contributed by atoms with Crippen LogP contribution < -0.4 is 0 Å². The van der Waals surface area contributed by atoms with Crippen LogP contribution in [-0.4, -0.2) is 218 Å². The van der Waals surface area contributed by atoms with Gasteiger partial charge in [0.2, 0.25) is 0 Å². The van der Waals surface area contributed by atoms with Crippen LogP contribution in [0.1, 0.15) is 204 Å². The smallest absolute Gasteiger partial charge is 0.309 e. The van der Waals surface area contributed by atoms with Crippen LogP contribution in [0.25, 0.3) is 0 Å². The van der Waals surface area contributed by atoms with Crippen LogP contribution in [0.4, 0.5) is 0 Å². The molecule has 6 saturated heterocycles. The van der Waals surface area contributed by atoms with Gasteiger partial charge in [-0.05, 0) is 66.7 Å². The number of ether oxygens (including phenoxy) is 13. The molecule has 0 aromatic rings. The van der Waals surface area contributed by atoms with Crippen LogP contribution in [0.15, 0.2) is 0 Å². The Morgan fingerprint density at radius 3 is 1.69 bits per heavy atom. The average Bonchev–Trinajstić information content (AvgIpc) is 2.29. The maximum absolute atomic E-state index is 14.3. The van der Waals surface area contributed by atoms with Gasteiger partial charge in [-0.2, -0.15) is 0 Å². The van der Waals surface area contributed by atoms with E-state index < -0.39 is 177 Å². The molecule has 6 aliphatic heterocycles. The largest absolute Gasteiger partial charge is 0.456 e. The number of unbranched alkanes of at least 4 members (excludes halogenated alkanes) is 8. The van der Waals surface area contributed by atoms with E-state index in [1.54, 1.807) is 27.7 Å². The SMILES string of the molecule is CCCCCCCCCC(=O)O[C@H]1[C@H](O[C@@H]2[C@H]3OC(=O)CCCCCCCCCC(CCCCC)O[C@@H]4O[C@H](C)[C@H](O)[C@H](O)[C@H]4O[C@H](O[C@H]2C)[C@@H]3O)O[C@@H](C)[C@H](O[C@@H]2O[C@@H](C)[C@H](O)[C@@H](OC(=O)[C@@H](C)CC)[C@H]2O)[C@H]1O[C@@H]1O[C@@H](C)[C@H](O)[C@@H](O)[C@H]1O. The zero-order chi connectivity index (χ0) is 62.1. The number of rotatable bonds is 22. The molecule has 8 N–H and O–H groups in total. The Morgan fingerprint density at radius 1 is 0.471 bits per heavy atom. The second kappa shape index (κ2) is 35.3. The summed E-state index contributed by atoms with van der Waals surface area (Å²) in [5.41, 5.74) is 0. The second-order valence-electron chi connectivity index (χ2n) is 24.6. The fraction of sp³-hybridized carbons (Fsp3) is 0.951. The van der Waals surface area contributed by atoms with E-state index in [2.05, 4.69) is 13.8 Å². The Labute approximate surface area is 502 Å². The van der Waals surface area contributed by atoms with Crippen molar-refractivity contribution in [3.05, 3.63) is 0 Å². The highest BCUT2D eigenvalue weighted by Crippen LogP contribution is 2.39. The van der Waals surface area contributed by atoms with Gasteiger partial charge in [-0.1, -0.05) is 124 Å². The van der Waals surface area contributed by atoms with Gasteiger partial charge in [0.25, 0.3) is 0 Å². The molecule has 494 valence electrons. The molecule has 0 spiro atoms. The summed E-state index contributed by atoms with van der Waals surface area (Å²) in [5, 5.41) is 91.7. The Kier molecular flexibility index (Phi) is 29.8. The van der Waals surface area contributed by atoms with E-state index in [1.165, 1.54) is 20.8 Å². The third kappa shape index (κ3) is 19.8. The van der Waals surface area contributed by atoms with E-state index in [9.17, 15) is 55.2 Å².